The van der Waals surface area contributed by atoms with E-state index in [0.717, 1.165) is 6.07 Å². The van der Waals surface area contributed by atoms with Crippen LogP contribution in [0.2, 0.25) is 0 Å². The normalized spacial score (nSPS) is 21.9. The van der Waals surface area contributed by atoms with Gasteiger partial charge in [-0.1, -0.05) is 0 Å². The van der Waals surface area contributed by atoms with Crippen molar-refractivity contribution >= 4 is 17.6 Å². The zero-order chi connectivity index (χ0) is 23.5. The van der Waals surface area contributed by atoms with Crippen molar-refractivity contribution in [3.8, 4) is 11.9 Å². The summed E-state index contributed by atoms with van der Waals surface area (Å²) < 4.78 is 31.6. The molecule has 0 saturated carbocycles. The lowest BCUT2D eigenvalue weighted by atomic mass is 9.92. The molecule has 0 aliphatic carbocycles. The minimum Gasteiger partial charge on any atom is -0.474 e. The number of hydrogen-bond donors (Lipinski definition) is 1. The van der Waals surface area contributed by atoms with Gasteiger partial charge in [-0.3, -0.25) is 4.90 Å². The molecule has 2 fully saturated rings. The molecular formula is C23H26FN5O4. The van der Waals surface area contributed by atoms with Gasteiger partial charge in [0.1, 0.15) is 24.1 Å². The van der Waals surface area contributed by atoms with Crippen molar-refractivity contribution in [3.05, 3.63) is 41.5 Å². The monoisotopic (exact) mass is 455 g/mol. The minimum atomic E-state index is -0.553. The fourth-order valence-electron chi connectivity index (χ4n) is 4.17. The molecule has 1 aromatic heterocycles. The number of nitrogens with zero attached hydrogens (tertiary/aromatic N) is 4. The first-order valence-electron chi connectivity index (χ1n) is 10.9. The molecule has 4 rings (SSSR count). The van der Waals surface area contributed by atoms with E-state index in [9.17, 15) is 9.18 Å². The van der Waals surface area contributed by atoms with Crippen molar-refractivity contribution in [1.29, 1.82) is 5.26 Å². The number of hydrogen-bond acceptors (Lipinski definition) is 8. The molecular weight excluding hydrogens is 429 g/mol. The lowest BCUT2D eigenvalue weighted by Gasteiger charge is -2.47. The third-order valence-corrected chi connectivity index (χ3v) is 5.69. The van der Waals surface area contributed by atoms with E-state index in [1.165, 1.54) is 18.5 Å². The average molecular weight is 455 g/mol. The third kappa shape index (κ3) is 4.98. The number of rotatable bonds is 5. The molecule has 0 spiro atoms. The number of piperidine rings is 1. The molecule has 2 aromatic rings. The van der Waals surface area contributed by atoms with Gasteiger partial charge in [0.05, 0.1) is 54.3 Å². The third-order valence-electron chi connectivity index (χ3n) is 5.69. The summed E-state index contributed by atoms with van der Waals surface area (Å²) in [5.74, 6) is 0.247. The van der Waals surface area contributed by atoms with Crippen LogP contribution in [0.5, 0.6) is 5.88 Å². The zero-order valence-corrected chi connectivity index (χ0v) is 18.7. The number of nitriles is 1. The van der Waals surface area contributed by atoms with Crippen molar-refractivity contribution in [2.24, 2.45) is 0 Å². The molecule has 174 valence electrons. The van der Waals surface area contributed by atoms with Crippen LogP contribution in [-0.4, -0.2) is 58.5 Å². The van der Waals surface area contributed by atoms with Gasteiger partial charge in [-0.25, -0.2) is 19.2 Å². The Bertz CT molecular complexity index is 1060. The fourth-order valence-corrected chi connectivity index (χ4v) is 4.17. The maximum Gasteiger partial charge on any atom is 0.410 e. The Hall–Kier alpha value is -3.45. The van der Waals surface area contributed by atoms with Crippen LogP contribution in [0.1, 0.15) is 37.8 Å². The van der Waals surface area contributed by atoms with Crippen LogP contribution in [0.25, 0.3) is 0 Å². The first-order chi connectivity index (χ1) is 15.9. The summed E-state index contributed by atoms with van der Waals surface area (Å²) in [4.78, 5) is 22.8. The zero-order valence-electron chi connectivity index (χ0n) is 18.7. The van der Waals surface area contributed by atoms with Crippen LogP contribution in [0, 0.1) is 24.1 Å². The molecule has 10 heteroatoms. The fraction of sp³-hybridized carbons (Fsp3) is 0.478. The van der Waals surface area contributed by atoms with Crippen LogP contribution in [-0.2, 0) is 9.47 Å². The molecule has 2 unspecified atom stereocenters. The number of nitrogens with one attached hydrogen (secondary N) is 1. The number of benzene rings is 1. The maximum atomic E-state index is 14.3. The van der Waals surface area contributed by atoms with Crippen molar-refractivity contribution < 1.29 is 23.4 Å². The molecule has 2 aliphatic rings. The number of aromatic nitrogens is 2. The van der Waals surface area contributed by atoms with Crippen molar-refractivity contribution in [2.75, 3.05) is 18.5 Å². The quantitative estimate of drug-likeness (QED) is 0.727. The Labute approximate surface area is 191 Å². The summed E-state index contributed by atoms with van der Waals surface area (Å²) in [5, 5.41) is 11.9. The molecule has 2 atom stereocenters. The first kappa shape index (κ1) is 22.7. The van der Waals surface area contributed by atoms with Crippen molar-refractivity contribution in [1.82, 2.24) is 14.9 Å². The number of carbonyl (C=O) groups is 1. The van der Waals surface area contributed by atoms with E-state index in [2.05, 4.69) is 15.3 Å². The molecule has 9 nitrogen and oxygen atoms in total. The molecule has 2 aliphatic heterocycles. The Kier molecular flexibility index (Phi) is 6.60. The number of halogens is 1. The van der Waals surface area contributed by atoms with E-state index in [0.29, 0.717) is 43.3 Å². The van der Waals surface area contributed by atoms with E-state index in [1.807, 2.05) is 19.9 Å². The van der Waals surface area contributed by atoms with Gasteiger partial charge < -0.3 is 19.5 Å². The van der Waals surface area contributed by atoms with E-state index in [4.69, 9.17) is 19.5 Å². The number of carbonyl (C=O) groups excluding carboxylic acids is 1. The number of fused-ring (bicyclic) bond motifs is 2. The summed E-state index contributed by atoms with van der Waals surface area (Å²) >= 11 is 0. The molecule has 33 heavy (non-hydrogen) atoms. The topological polar surface area (TPSA) is 110 Å². The molecule has 1 amide bonds. The van der Waals surface area contributed by atoms with Gasteiger partial charge in [-0.2, -0.15) is 5.26 Å². The van der Waals surface area contributed by atoms with Gasteiger partial charge in [0.2, 0.25) is 5.88 Å². The molecule has 1 N–H and O–H groups in total. The molecule has 3 heterocycles. The Morgan fingerprint density at radius 2 is 2.03 bits per heavy atom. The Balaban J connectivity index is 1.47. The second kappa shape index (κ2) is 9.58. The lowest BCUT2D eigenvalue weighted by molar-refractivity contribution is -0.0934. The largest absolute Gasteiger partial charge is 0.474 e. The second-order valence-corrected chi connectivity index (χ2v) is 8.48. The lowest BCUT2D eigenvalue weighted by Crippen LogP contribution is -2.61. The van der Waals surface area contributed by atoms with Crippen LogP contribution in [0.3, 0.4) is 0 Å². The van der Waals surface area contributed by atoms with E-state index in [-0.39, 0.29) is 41.6 Å². The highest BCUT2D eigenvalue weighted by Gasteiger charge is 2.43. The number of ether oxygens (including phenoxy) is 3. The average Bonchev–Trinajstić information content (AvgIpc) is 2.76. The minimum absolute atomic E-state index is 0.138. The van der Waals surface area contributed by atoms with E-state index < -0.39 is 5.82 Å². The van der Waals surface area contributed by atoms with Gasteiger partial charge in [0.15, 0.2) is 0 Å². The molecule has 2 saturated heterocycles. The van der Waals surface area contributed by atoms with Crippen molar-refractivity contribution in [3.63, 3.8) is 0 Å². The van der Waals surface area contributed by atoms with Gasteiger partial charge in [0.25, 0.3) is 0 Å². The summed E-state index contributed by atoms with van der Waals surface area (Å²) in [6.07, 6.45) is 1.84. The Morgan fingerprint density at radius 1 is 1.30 bits per heavy atom. The van der Waals surface area contributed by atoms with Crippen LogP contribution < -0.4 is 10.1 Å². The molecule has 1 aromatic carbocycles. The number of amides is 1. The molecule has 0 radical (unpaired) electrons. The predicted octanol–water partition coefficient (Wildman–Crippen LogP) is 3.70. The SMILES string of the molecule is Cc1c(Nc2ccc(C#N)cc2F)ncnc1OC1CC2COCC(C1)N2C(=O)OC(C)C. The second-order valence-electron chi connectivity index (χ2n) is 8.48. The smallest absolute Gasteiger partial charge is 0.410 e. The summed E-state index contributed by atoms with van der Waals surface area (Å²) in [6.45, 7) is 6.30. The highest BCUT2D eigenvalue weighted by molar-refractivity contribution is 5.69. The van der Waals surface area contributed by atoms with E-state index >= 15 is 0 Å². The van der Waals surface area contributed by atoms with Gasteiger partial charge in [0, 0.05) is 12.8 Å². The van der Waals surface area contributed by atoms with Crippen LogP contribution >= 0.6 is 0 Å². The summed E-state index contributed by atoms with van der Waals surface area (Å²) in [5.41, 5.74) is 1.06. The highest BCUT2D eigenvalue weighted by atomic mass is 19.1. The van der Waals surface area contributed by atoms with Crippen LogP contribution in [0.15, 0.2) is 24.5 Å². The standard InChI is InChI=1S/C23H26FN5O4/c1-13(2)32-23(30)29-16-7-18(8-17(29)11-31-10-16)33-22-14(3)21(26-12-27-22)28-20-5-4-15(9-25)6-19(20)24/h4-6,12-13,16-18H,7-8,10-11H2,1-3H3,(H,26,27,28). The Morgan fingerprint density at radius 3 is 2.67 bits per heavy atom. The first-order valence-corrected chi connectivity index (χ1v) is 10.9. The molecule has 2 bridgehead atoms. The summed E-state index contributed by atoms with van der Waals surface area (Å²) in [6, 6.07) is 5.81. The van der Waals surface area contributed by atoms with Gasteiger partial charge >= 0.3 is 6.09 Å². The van der Waals surface area contributed by atoms with Crippen molar-refractivity contribution in [2.45, 2.75) is 57.9 Å². The van der Waals surface area contributed by atoms with Crippen LogP contribution in [0.4, 0.5) is 20.7 Å². The highest BCUT2D eigenvalue weighted by Crippen LogP contribution is 2.33. The van der Waals surface area contributed by atoms with Gasteiger partial charge in [-0.05, 0) is 39.0 Å². The van der Waals surface area contributed by atoms with Gasteiger partial charge in [-0.15, -0.1) is 0 Å². The van der Waals surface area contributed by atoms with E-state index in [1.54, 1.807) is 11.8 Å². The number of anilines is 2. The predicted molar refractivity (Wildman–Crippen MR) is 117 cm³/mol. The maximum absolute atomic E-state index is 14.3. The summed E-state index contributed by atoms with van der Waals surface area (Å²) in [7, 11) is 0. The number of morpholine rings is 1.